The van der Waals surface area contributed by atoms with Crippen LogP contribution in [-0.2, 0) is 9.53 Å². The molecule has 0 bridgehead atoms. The summed E-state index contributed by atoms with van der Waals surface area (Å²) in [6.45, 7) is 5.50. The molecule has 0 aliphatic heterocycles. The average molecular weight is 182 g/mol. The number of carbonyl (C=O) groups excluding carboxylic acids is 1. The van der Waals surface area contributed by atoms with E-state index in [9.17, 15) is 4.79 Å². The smallest absolute Gasteiger partial charge is 0.333 e. The van der Waals surface area contributed by atoms with Crippen molar-refractivity contribution in [2.75, 3.05) is 7.11 Å². The number of unbranched alkanes of at least 4 members (excludes halogenated alkanes) is 2. The van der Waals surface area contributed by atoms with Crippen LogP contribution in [0.5, 0.6) is 0 Å². The van der Waals surface area contributed by atoms with Gasteiger partial charge in [-0.15, -0.1) is 6.58 Å². The Morgan fingerprint density at radius 3 is 2.62 bits per heavy atom. The molecule has 2 nitrogen and oxygen atoms in total. The molecule has 0 unspecified atom stereocenters. The molecule has 0 spiro atoms. The molecule has 13 heavy (non-hydrogen) atoms. The van der Waals surface area contributed by atoms with E-state index >= 15 is 0 Å². The normalized spacial score (nSPS) is 11.1. The SMILES string of the molecule is C=CCCCCC(=CC)C(=O)OC. The van der Waals surface area contributed by atoms with Gasteiger partial charge in [-0.05, 0) is 32.6 Å². The quantitative estimate of drug-likeness (QED) is 0.273. The van der Waals surface area contributed by atoms with E-state index < -0.39 is 0 Å². The summed E-state index contributed by atoms with van der Waals surface area (Å²) in [6.07, 6.45) is 7.63. The standard InChI is InChI=1S/C11H18O2/c1-4-6-7-8-9-10(5-2)11(12)13-3/h4-5H,1,6-9H2,2-3H3. The molecule has 0 aromatic rings. The number of esters is 1. The van der Waals surface area contributed by atoms with Crippen molar-refractivity contribution in [1.29, 1.82) is 0 Å². The van der Waals surface area contributed by atoms with Crippen LogP contribution in [-0.4, -0.2) is 13.1 Å². The van der Waals surface area contributed by atoms with E-state index in [1.807, 2.05) is 19.1 Å². The Kier molecular flexibility index (Phi) is 6.98. The number of methoxy groups -OCH3 is 1. The molecule has 0 rings (SSSR count). The molecule has 0 N–H and O–H groups in total. The highest BCUT2D eigenvalue weighted by Crippen LogP contribution is 2.10. The molecule has 0 saturated carbocycles. The number of hydrogen-bond acceptors (Lipinski definition) is 2. The minimum Gasteiger partial charge on any atom is -0.466 e. The van der Waals surface area contributed by atoms with Crippen LogP contribution in [0.1, 0.15) is 32.6 Å². The van der Waals surface area contributed by atoms with Crippen molar-refractivity contribution in [3.63, 3.8) is 0 Å². The maximum absolute atomic E-state index is 11.1. The third-order valence-corrected chi connectivity index (χ3v) is 1.90. The van der Waals surface area contributed by atoms with Crippen molar-refractivity contribution in [2.24, 2.45) is 0 Å². The number of allylic oxidation sites excluding steroid dienone is 2. The predicted molar refractivity (Wildman–Crippen MR) is 54.4 cm³/mol. The molecule has 0 amide bonds. The fourth-order valence-electron chi connectivity index (χ4n) is 1.10. The molecule has 0 aromatic heterocycles. The minimum atomic E-state index is -0.207. The summed E-state index contributed by atoms with van der Waals surface area (Å²) in [4.78, 5) is 11.1. The van der Waals surface area contributed by atoms with Crippen molar-refractivity contribution in [3.8, 4) is 0 Å². The lowest BCUT2D eigenvalue weighted by Crippen LogP contribution is -2.04. The molecule has 74 valence electrons. The first-order valence-corrected chi connectivity index (χ1v) is 4.60. The predicted octanol–water partition coefficient (Wildman–Crippen LogP) is 2.85. The van der Waals surface area contributed by atoms with Gasteiger partial charge in [-0.25, -0.2) is 4.79 Å². The summed E-state index contributed by atoms with van der Waals surface area (Å²) < 4.78 is 4.63. The van der Waals surface area contributed by atoms with Gasteiger partial charge in [-0.3, -0.25) is 0 Å². The van der Waals surface area contributed by atoms with Crippen LogP contribution in [0.25, 0.3) is 0 Å². The molecule has 0 fully saturated rings. The Balaban J connectivity index is 3.74. The van der Waals surface area contributed by atoms with Gasteiger partial charge in [-0.2, -0.15) is 0 Å². The lowest BCUT2D eigenvalue weighted by molar-refractivity contribution is -0.136. The Morgan fingerprint density at radius 2 is 2.15 bits per heavy atom. The molecule has 0 aromatic carbocycles. The summed E-state index contributed by atoms with van der Waals surface area (Å²) >= 11 is 0. The van der Waals surface area contributed by atoms with E-state index in [-0.39, 0.29) is 5.97 Å². The van der Waals surface area contributed by atoms with E-state index in [1.165, 1.54) is 7.11 Å². The monoisotopic (exact) mass is 182 g/mol. The van der Waals surface area contributed by atoms with Crippen LogP contribution in [0.15, 0.2) is 24.3 Å². The maximum Gasteiger partial charge on any atom is 0.333 e. The van der Waals surface area contributed by atoms with Gasteiger partial charge >= 0.3 is 5.97 Å². The van der Waals surface area contributed by atoms with Crippen molar-refractivity contribution in [3.05, 3.63) is 24.3 Å². The summed E-state index contributed by atoms with van der Waals surface area (Å²) in [7, 11) is 1.41. The van der Waals surface area contributed by atoms with E-state index in [4.69, 9.17) is 0 Å². The highest BCUT2D eigenvalue weighted by molar-refractivity contribution is 5.88. The Bertz CT molecular complexity index is 192. The van der Waals surface area contributed by atoms with E-state index in [0.717, 1.165) is 31.3 Å². The molecular formula is C11H18O2. The highest BCUT2D eigenvalue weighted by Gasteiger charge is 2.06. The van der Waals surface area contributed by atoms with Crippen molar-refractivity contribution >= 4 is 5.97 Å². The molecule has 0 atom stereocenters. The fraction of sp³-hybridized carbons (Fsp3) is 0.545. The number of carbonyl (C=O) groups is 1. The second kappa shape index (κ2) is 7.59. The van der Waals surface area contributed by atoms with Gasteiger partial charge in [0.1, 0.15) is 0 Å². The highest BCUT2D eigenvalue weighted by atomic mass is 16.5. The number of rotatable bonds is 6. The first-order valence-electron chi connectivity index (χ1n) is 4.60. The lowest BCUT2D eigenvalue weighted by atomic mass is 10.1. The zero-order valence-corrected chi connectivity index (χ0v) is 8.51. The zero-order valence-electron chi connectivity index (χ0n) is 8.51. The molecule has 0 saturated heterocycles. The summed E-state index contributed by atoms with van der Waals surface area (Å²) in [5, 5.41) is 0. The van der Waals surface area contributed by atoms with Crippen LogP contribution in [0, 0.1) is 0 Å². The van der Waals surface area contributed by atoms with Crippen molar-refractivity contribution in [2.45, 2.75) is 32.6 Å². The largest absolute Gasteiger partial charge is 0.466 e. The average Bonchev–Trinajstić information content (AvgIpc) is 2.17. The van der Waals surface area contributed by atoms with Gasteiger partial charge < -0.3 is 4.74 Å². The third-order valence-electron chi connectivity index (χ3n) is 1.90. The summed E-state index contributed by atoms with van der Waals surface area (Å²) in [6, 6.07) is 0. The first-order chi connectivity index (χ1) is 6.26. The van der Waals surface area contributed by atoms with Crippen LogP contribution in [0.2, 0.25) is 0 Å². The molecule has 0 radical (unpaired) electrons. The molecular weight excluding hydrogens is 164 g/mol. The van der Waals surface area contributed by atoms with Gasteiger partial charge in [0.15, 0.2) is 0 Å². The maximum atomic E-state index is 11.1. The number of hydrogen-bond donors (Lipinski definition) is 0. The first kappa shape index (κ1) is 11.9. The van der Waals surface area contributed by atoms with Crippen LogP contribution < -0.4 is 0 Å². The molecule has 2 heteroatoms. The van der Waals surface area contributed by atoms with Gasteiger partial charge in [0.05, 0.1) is 7.11 Å². The Hall–Kier alpha value is -1.05. The van der Waals surface area contributed by atoms with Crippen LogP contribution >= 0.6 is 0 Å². The molecule has 0 heterocycles. The van der Waals surface area contributed by atoms with Gasteiger partial charge in [0.25, 0.3) is 0 Å². The van der Waals surface area contributed by atoms with Crippen molar-refractivity contribution in [1.82, 2.24) is 0 Å². The Labute approximate surface area is 80.3 Å². The lowest BCUT2D eigenvalue weighted by Gasteiger charge is -2.03. The number of ether oxygens (including phenoxy) is 1. The summed E-state index contributed by atoms with van der Waals surface area (Å²) in [5.74, 6) is -0.207. The van der Waals surface area contributed by atoms with Crippen LogP contribution in [0.4, 0.5) is 0 Å². The zero-order chi connectivity index (χ0) is 10.1. The Morgan fingerprint density at radius 1 is 1.46 bits per heavy atom. The third kappa shape index (κ3) is 5.23. The molecule has 0 aliphatic rings. The van der Waals surface area contributed by atoms with E-state index in [1.54, 1.807) is 0 Å². The van der Waals surface area contributed by atoms with Gasteiger partial charge in [0, 0.05) is 5.57 Å². The topological polar surface area (TPSA) is 26.3 Å². The van der Waals surface area contributed by atoms with Gasteiger partial charge in [0.2, 0.25) is 0 Å². The fourth-order valence-corrected chi connectivity index (χ4v) is 1.10. The minimum absolute atomic E-state index is 0.207. The molecule has 0 aliphatic carbocycles. The van der Waals surface area contributed by atoms with Crippen LogP contribution in [0.3, 0.4) is 0 Å². The van der Waals surface area contributed by atoms with E-state index in [0.29, 0.717) is 0 Å². The van der Waals surface area contributed by atoms with Gasteiger partial charge in [-0.1, -0.05) is 12.2 Å². The van der Waals surface area contributed by atoms with Crippen molar-refractivity contribution < 1.29 is 9.53 Å². The van der Waals surface area contributed by atoms with E-state index in [2.05, 4.69) is 11.3 Å². The second-order valence-corrected chi connectivity index (χ2v) is 2.84. The summed E-state index contributed by atoms with van der Waals surface area (Å²) in [5.41, 5.74) is 0.770. The second-order valence-electron chi connectivity index (χ2n) is 2.84.